The van der Waals surface area contributed by atoms with Gasteiger partial charge >= 0.3 is 0 Å². The minimum Gasteiger partial charge on any atom is -0.335 e. The molecule has 0 radical (unpaired) electrons. The highest BCUT2D eigenvalue weighted by Crippen LogP contribution is 2.50. The molecular weight excluding hydrogens is 477 g/mol. The van der Waals surface area contributed by atoms with E-state index in [9.17, 15) is 4.79 Å². The van der Waals surface area contributed by atoms with Crippen molar-refractivity contribution in [2.45, 2.75) is 18.7 Å². The second-order valence-electron chi connectivity index (χ2n) is 7.90. The highest BCUT2D eigenvalue weighted by Gasteiger charge is 2.30. The van der Waals surface area contributed by atoms with Gasteiger partial charge in [0.2, 0.25) is 0 Å². The molecule has 0 spiro atoms. The highest BCUT2D eigenvalue weighted by molar-refractivity contribution is 8.26. The second-order valence-corrected chi connectivity index (χ2v) is 10.6. The van der Waals surface area contributed by atoms with Crippen LogP contribution in [-0.2, 0) is 4.79 Å². The molecule has 0 saturated carbocycles. The van der Waals surface area contributed by atoms with Crippen LogP contribution in [0, 0.1) is 0 Å². The largest absolute Gasteiger partial charge is 0.335 e. The summed E-state index contributed by atoms with van der Waals surface area (Å²) in [6, 6.07) is 23.3. The molecule has 0 unspecified atom stereocenters. The first-order chi connectivity index (χ1) is 16.6. The van der Waals surface area contributed by atoms with Gasteiger partial charge in [-0.25, -0.2) is 0 Å². The van der Waals surface area contributed by atoms with E-state index < -0.39 is 0 Å². The fourth-order valence-electron chi connectivity index (χ4n) is 4.21. The van der Waals surface area contributed by atoms with Crippen LogP contribution in [0.15, 0.2) is 99.8 Å². The number of fused-ring (bicyclic) bond motifs is 3. The zero-order valence-electron chi connectivity index (χ0n) is 19.0. The molecular formula is C28H24N2OS3. The molecule has 0 bridgehead atoms. The summed E-state index contributed by atoms with van der Waals surface area (Å²) >= 11 is 8.56. The molecule has 0 atom stereocenters. The molecule has 3 aromatic carbocycles. The Bertz CT molecular complexity index is 1370. The van der Waals surface area contributed by atoms with Crippen LogP contribution in [0.3, 0.4) is 0 Å². The fourth-order valence-corrected chi connectivity index (χ4v) is 6.84. The average molecular weight is 501 g/mol. The fraction of sp³-hybridized carbons (Fsp3) is 0.143. The van der Waals surface area contributed by atoms with Crippen LogP contribution in [0.5, 0.6) is 0 Å². The third-order valence-electron chi connectivity index (χ3n) is 5.93. The molecule has 1 fully saturated rings. The Kier molecular flexibility index (Phi) is 6.63. The lowest BCUT2D eigenvalue weighted by atomic mass is 10.1. The number of carbonyl (C=O) groups is 1. The van der Waals surface area contributed by atoms with Crippen LogP contribution in [0.4, 0.5) is 5.69 Å². The van der Waals surface area contributed by atoms with Crippen LogP contribution in [0.25, 0.3) is 16.3 Å². The lowest BCUT2D eigenvalue weighted by molar-refractivity contribution is -0.122. The molecule has 3 aromatic rings. The summed E-state index contributed by atoms with van der Waals surface area (Å²) in [4.78, 5) is 18.7. The normalized spacial score (nSPS) is 18.6. The van der Waals surface area contributed by atoms with Crippen molar-refractivity contribution < 1.29 is 4.79 Å². The summed E-state index contributed by atoms with van der Waals surface area (Å²) in [6.07, 6.45) is 6.18. The van der Waals surface area contributed by atoms with E-state index in [1.165, 1.54) is 38.1 Å². The number of likely N-dealkylation sites (N-methyl/N-ethyl adjacent to an activating group) is 1. The van der Waals surface area contributed by atoms with Gasteiger partial charge in [0.15, 0.2) is 0 Å². The first kappa shape index (κ1) is 23.0. The Hall–Kier alpha value is -2.80. The number of nitrogens with zero attached hydrogens (tertiary/aromatic N) is 2. The molecule has 5 rings (SSSR count). The first-order valence-corrected chi connectivity index (χ1v) is 13.3. The number of anilines is 1. The number of benzene rings is 3. The van der Waals surface area contributed by atoms with Gasteiger partial charge in [-0.3, -0.25) is 9.69 Å². The summed E-state index contributed by atoms with van der Waals surface area (Å²) in [5.74, 6) is -0.0156. The van der Waals surface area contributed by atoms with Gasteiger partial charge < -0.3 is 4.90 Å². The number of allylic oxidation sites excluding steroid dienone is 4. The monoisotopic (exact) mass is 500 g/mol. The molecule has 170 valence electrons. The van der Waals surface area contributed by atoms with Crippen LogP contribution in [0.2, 0.25) is 0 Å². The summed E-state index contributed by atoms with van der Waals surface area (Å²) in [6.45, 7) is 5.60. The Morgan fingerprint density at radius 1 is 0.912 bits per heavy atom. The van der Waals surface area contributed by atoms with Gasteiger partial charge in [0.05, 0.1) is 15.6 Å². The Balaban J connectivity index is 1.57. The van der Waals surface area contributed by atoms with E-state index in [1.54, 1.807) is 4.90 Å². The predicted molar refractivity (Wildman–Crippen MR) is 151 cm³/mol. The molecule has 1 saturated heterocycles. The number of carbonyl (C=O) groups excluding carboxylic acids is 1. The van der Waals surface area contributed by atoms with Crippen molar-refractivity contribution in [3.05, 3.63) is 100 Å². The third kappa shape index (κ3) is 4.22. The van der Waals surface area contributed by atoms with Crippen molar-refractivity contribution in [2.24, 2.45) is 0 Å². The zero-order chi connectivity index (χ0) is 23.7. The van der Waals surface area contributed by atoms with Crippen LogP contribution in [0.1, 0.15) is 19.4 Å². The minimum absolute atomic E-state index is 0.0156. The number of hydrogen-bond donors (Lipinski definition) is 0. The number of thiocarbonyl (C=S) groups is 1. The SMILES string of the molecule is CCN1C(=O)/C(=C/C=C(/C=C2/Sc3c(ccc4ccccc34)N2CC)c2ccccc2)SC1=S. The van der Waals surface area contributed by atoms with Crippen molar-refractivity contribution in [3.63, 3.8) is 0 Å². The van der Waals surface area contributed by atoms with Gasteiger partial charge in [-0.2, -0.15) is 0 Å². The molecule has 2 aliphatic heterocycles. The average Bonchev–Trinajstić information content (AvgIpc) is 3.37. The van der Waals surface area contributed by atoms with Crippen molar-refractivity contribution >= 4 is 68.0 Å². The molecule has 1 amide bonds. The first-order valence-electron chi connectivity index (χ1n) is 11.3. The Morgan fingerprint density at radius 3 is 2.38 bits per heavy atom. The maximum absolute atomic E-state index is 12.7. The van der Waals surface area contributed by atoms with E-state index in [2.05, 4.69) is 66.4 Å². The minimum atomic E-state index is -0.0156. The summed E-state index contributed by atoms with van der Waals surface area (Å²) in [5.41, 5.74) is 3.41. The van der Waals surface area contributed by atoms with E-state index in [0.717, 1.165) is 17.7 Å². The summed E-state index contributed by atoms with van der Waals surface area (Å²) in [5, 5.41) is 3.71. The molecule has 6 heteroatoms. The Morgan fingerprint density at radius 2 is 1.65 bits per heavy atom. The van der Waals surface area contributed by atoms with Gasteiger partial charge in [-0.15, -0.1) is 0 Å². The lowest BCUT2D eigenvalue weighted by Crippen LogP contribution is -2.27. The Labute approximate surface area is 214 Å². The zero-order valence-corrected chi connectivity index (χ0v) is 21.5. The van der Waals surface area contributed by atoms with E-state index in [1.807, 2.05) is 49.0 Å². The third-order valence-corrected chi connectivity index (χ3v) is 8.51. The topological polar surface area (TPSA) is 23.6 Å². The van der Waals surface area contributed by atoms with Crippen molar-refractivity contribution in [1.29, 1.82) is 0 Å². The van der Waals surface area contributed by atoms with Gasteiger partial charge in [0.25, 0.3) is 5.91 Å². The molecule has 0 aliphatic carbocycles. The maximum atomic E-state index is 12.7. The van der Waals surface area contributed by atoms with Crippen LogP contribution in [-0.4, -0.2) is 28.2 Å². The predicted octanol–water partition coefficient (Wildman–Crippen LogP) is 7.46. The van der Waals surface area contributed by atoms with Crippen LogP contribution >= 0.6 is 35.7 Å². The number of thioether (sulfide) groups is 2. The van der Waals surface area contributed by atoms with E-state index in [-0.39, 0.29) is 5.91 Å². The van der Waals surface area contributed by atoms with Gasteiger partial charge in [0.1, 0.15) is 4.32 Å². The van der Waals surface area contributed by atoms with E-state index in [0.29, 0.717) is 15.8 Å². The van der Waals surface area contributed by atoms with Gasteiger partial charge in [-0.1, -0.05) is 102 Å². The molecule has 2 heterocycles. The smallest absolute Gasteiger partial charge is 0.266 e. The number of hydrogen-bond acceptors (Lipinski definition) is 5. The van der Waals surface area contributed by atoms with Gasteiger partial charge in [-0.05, 0) is 54.0 Å². The maximum Gasteiger partial charge on any atom is 0.266 e. The lowest BCUT2D eigenvalue weighted by Gasteiger charge is -2.18. The summed E-state index contributed by atoms with van der Waals surface area (Å²) in [7, 11) is 0. The van der Waals surface area contributed by atoms with Crippen molar-refractivity contribution in [2.75, 3.05) is 18.0 Å². The molecule has 2 aliphatic rings. The number of amides is 1. The van der Waals surface area contributed by atoms with Gasteiger partial charge in [0, 0.05) is 18.0 Å². The number of rotatable bonds is 5. The van der Waals surface area contributed by atoms with E-state index >= 15 is 0 Å². The highest BCUT2D eigenvalue weighted by atomic mass is 32.2. The molecule has 0 N–H and O–H groups in total. The van der Waals surface area contributed by atoms with Crippen molar-refractivity contribution in [3.8, 4) is 0 Å². The molecule has 0 aromatic heterocycles. The standard InChI is InChI=1S/C28H24N2OS3/c1-3-29-23-16-14-20-12-8-9-13-22(20)26(23)34-25(29)18-21(19-10-6-5-7-11-19)15-17-24-27(31)30(4-2)28(32)33-24/h5-18H,3-4H2,1-2H3/b21-15-,24-17-,25-18+. The van der Waals surface area contributed by atoms with Crippen LogP contribution < -0.4 is 4.90 Å². The quantitative estimate of drug-likeness (QED) is 0.267. The summed E-state index contributed by atoms with van der Waals surface area (Å²) < 4.78 is 0.623. The van der Waals surface area contributed by atoms with Crippen molar-refractivity contribution in [1.82, 2.24) is 4.90 Å². The van der Waals surface area contributed by atoms with E-state index in [4.69, 9.17) is 12.2 Å². The molecule has 3 nitrogen and oxygen atoms in total. The molecule has 34 heavy (non-hydrogen) atoms. The second kappa shape index (κ2) is 9.82.